The van der Waals surface area contributed by atoms with Gasteiger partial charge in [0.2, 0.25) is 5.91 Å². The summed E-state index contributed by atoms with van der Waals surface area (Å²) in [5, 5.41) is 3.50. The molecule has 1 saturated carbocycles. The van der Waals surface area contributed by atoms with E-state index < -0.39 is 0 Å². The second-order valence-electron chi connectivity index (χ2n) is 7.22. The fourth-order valence-corrected chi connectivity index (χ4v) is 4.02. The molecule has 1 aromatic carbocycles. The molecule has 2 amide bonds. The summed E-state index contributed by atoms with van der Waals surface area (Å²) >= 11 is 6.02. The minimum absolute atomic E-state index is 0.0506. The zero-order chi connectivity index (χ0) is 18.4. The van der Waals surface area contributed by atoms with Crippen molar-refractivity contribution in [3.8, 4) is 5.75 Å². The van der Waals surface area contributed by atoms with Crippen LogP contribution in [0, 0.1) is 5.92 Å². The summed E-state index contributed by atoms with van der Waals surface area (Å²) < 4.78 is 5.47. The number of amides is 2. The summed E-state index contributed by atoms with van der Waals surface area (Å²) in [6.07, 6.45) is 7.28. The lowest BCUT2D eigenvalue weighted by Gasteiger charge is -2.35. The van der Waals surface area contributed by atoms with Gasteiger partial charge >= 0.3 is 0 Å². The second kappa shape index (κ2) is 9.26. The van der Waals surface area contributed by atoms with Crippen LogP contribution < -0.4 is 10.1 Å². The minimum atomic E-state index is -0.151. The van der Waals surface area contributed by atoms with E-state index in [1.807, 2.05) is 17.0 Å². The molecule has 0 atom stereocenters. The van der Waals surface area contributed by atoms with E-state index in [0.29, 0.717) is 16.7 Å². The molecule has 1 N–H and O–H groups in total. The smallest absolute Gasteiger partial charge is 0.258 e. The normalized spacial score (nSPS) is 19.2. The number of carbonyl (C=O) groups is 2. The fraction of sp³-hybridized carbons (Fsp3) is 0.600. The Bertz CT molecular complexity index is 623. The van der Waals surface area contributed by atoms with Gasteiger partial charge in [-0.2, -0.15) is 0 Å². The molecule has 0 radical (unpaired) electrons. The lowest BCUT2D eigenvalue weighted by atomic mass is 9.87. The molecule has 0 aromatic heterocycles. The van der Waals surface area contributed by atoms with E-state index in [2.05, 4.69) is 5.32 Å². The zero-order valence-electron chi connectivity index (χ0n) is 15.1. The van der Waals surface area contributed by atoms with Crippen molar-refractivity contribution < 1.29 is 14.3 Å². The molecule has 0 unspecified atom stereocenters. The molecule has 1 aliphatic carbocycles. The summed E-state index contributed by atoms with van der Waals surface area (Å²) in [5.74, 6) is 0.898. The Morgan fingerprint density at radius 2 is 1.77 bits per heavy atom. The average molecular weight is 379 g/mol. The van der Waals surface area contributed by atoms with Crippen molar-refractivity contribution in [2.45, 2.75) is 51.0 Å². The fourth-order valence-electron chi connectivity index (χ4n) is 3.83. The zero-order valence-corrected chi connectivity index (χ0v) is 15.8. The molecular formula is C20H27ClN2O3. The molecular weight excluding hydrogens is 352 g/mol. The number of ether oxygens (including phenoxy) is 1. The number of benzene rings is 1. The minimum Gasteiger partial charge on any atom is -0.482 e. The molecule has 2 aliphatic rings. The molecule has 1 aromatic rings. The first-order chi connectivity index (χ1) is 12.6. The second-order valence-corrected chi connectivity index (χ2v) is 7.63. The number of hydrogen-bond acceptors (Lipinski definition) is 3. The van der Waals surface area contributed by atoms with Gasteiger partial charge in [0.05, 0.1) is 5.02 Å². The van der Waals surface area contributed by atoms with Gasteiger partial charge in [0.15, 0.2) is 6.61 Å². The Hall–Kier alpha value is -1.75. The lowest BCUT2D eigenvalue weighted by molar-refractivity contribution is -0.137. The highest BCUT2D eigenvalue weighted by molar-refractivity contribution is 6.32. The summed E-state index contributed by atoms with van der Waals surface area (Å²) in [4.78, 5) is 26.7. The van der Waals surface area contributed by atoms with E-state index in [-0.39, 0.29) is 24.5 Å². The lowest BCUT2D eigenvalue weighted by Crippen LogP contribution is -2.49. The predicted octanol–water partition coefficient (Wildman–Crippen LogP) is 3.41. The van der Waals surface area contributed by atoms with Crippen LogP contribution in [-0.2, 0) is 9.59 Å². The maximum atomic E-state index is 12.6. The van der Waals surface area contributed by atoms with Crippen LogP contribution >= 0.6 is 11.6 Å². The molecule has 5 nitrogen and oxygen atoms in total. The van der Waals surface area contributed by atoms with E-state index in [4.69, 9.17) is 16.3 Å². The number of likely N-dealkylation sites (tertiary alicyclic amines) is 1. The molecule has 2 fully saturated rings. The van der Waals surface area contributed by atoms with E-state index in [0.717, 1.165) is 38.8 Å². The SMILES string of the molecule is O=C(COc1ccccc1Cl)NC1CCN(C(=O)C2CCCCC2)CC1. The first-order valence-electron chi connectivity index (χ1n) is 9.59. The van der Waals surface area contributed by atoms with Gasteiger partial charge in [0.1, 0.15) is 5.75 Å². The van der Waals surface area contributed by atoms with Gasteiger partial charge in [-0.1, -0.05) is 43.0 Å². The van der Waals surface area contributed by atoms with Crippen LogP contribution in [0.2, 0.25) is 5.02 Å². The van der Waals surface area contributed by atoms with Crippen LogP contribution in [0.25, 0.3) is 0 Å². The standard InChI is InChI=1S/C20H27ClN2O3/c21-17-8-4-5-9-18(17)26-14-19(24)22-16-10-12-23(13-11-16)20(25)15-6-2-1-3-7-15/h4-5,8-9,15-16H,1-3,6-7,10-14H2,(H,22,24). The largest absolute Gasteiger partial charge is 0.482 e. The van der Waals surface area contributed by atoms with Crippen molar-refractivity contribution >= 4 is 23.4 Å². The van der Waals surface area contributed by atoms with Gasteiger partial charge < -0.3 is 15.0 Å². The molecule has 1 aliphatic heterocycles. The maximum absolute atomic E-state index is 12.6. The van der Waals surface area contributed by atoms with Crippen LogP contribution in [0.5, 0.6) is 5.75 Å². The average Bonchev–Trinajstić information content (AvgIpc) is 2.68. The van der Waals surface area contributed by atoms with Gasteiger partial charge in [0, 0.05) is 25.0 Å². The van der Waals surface area contributed by atoms with Crippen molar-refractivity contribution in [3.63, 3.8) is 0 Å². The molecule has 1 saturated heterocycles. The molecule has 1 heterocycles. The summed E-state index contributed by atoms with van der Waals surface area (Å²) in [6.45, 7) is 1.41. The van der Waals surface area contributed by atoms with Crippen LogP contribution in [0.3, 0.4) is 0 Å². The number of hydrogen-bond donors (Lipinski definition) is 1. The molecule has 0 spiro atoms. The van der Waals surface area contributed by atoms with Crippen LogP contribution in [0.1, 0.15) is 44.9 Å². The number of nitrogens with one attached hydrogen (secondary N) is 1. The first-order valence-corrected chi connectivity index (χ1v) is 9.97. The number of piperidine rings is 1. The van der Waals surface area contributed by atoms with Crippen LogP contribution in [0.15, 0.2) is 24.3 Å². The Morgan fingerprint density at radius 3 is 2.46 bits per heavy atom. The monoisotopic (exact) mass is 378 g/mol. The third-order valence-electron chi connectivity index (χ3n) is 5.32. The highest BCUT2D eigenvalue weighted by Crippen LogP contribution is 2.26. The van der Waals surface area contributed by atoms with E-state index >= 15 is 0 Å². The topological polar surface area (TPSA) is 58.6 Å². The number of nitrogens with zero attached hydrogens (tertiary/aromatic N) is 1. The Labute approximate surface area is 160 Å². The Kier molecular flexibility index (Phi) is 6.78. The molecule has 26 heavy (non-hydrogen) atoms. The number of carbonyl (C=O) groups excluding carboxylic acids is 2. The van der Waals surface area contributed by atoms with Crippen molar-refractivity contribution in [2.24, 2.45) is 5.92 Å². The van der Waals surface area contributed by atoms with E-state index in [1.165, 1.54) is 19.3 Å². The van der Waals surface area contributed by atoms with Crippen molar-refractivity contribution in [1.29, 1.82) is 0 Å². The number of halogens is 1. The van der Waals surface area contributed by atoms with Crippen LogP contribution in [0.4, 0.5) is 0 Å². The highest BCUT2D eigenvalue weighted by Gasteiger charge is 2.29. The van der Waals surface area contributed by atoms with E-state index in [1.54, 1.807) is 12.1 Å². The first kappa shape index (κ1) is 19.0. The third kappa shape index (κ3) is 5.13. The van der Waals surface area contributed by atoms with Gasteiger partial charge in [-0.3, -0.25) is 9.59 Å². The maximum Gasteiger partial charge on any atom is 0.258 e. The third-order valence-corrected chi connectivity index (χ3v) is 5.63. The van der Waals surface area contributed by atoms with Gasteiger partial charge in [-0.05, 0) is 37.8 Å². The summed E-state index contributed by atoms with van der Waals surface area (Å²) in [7, 11) is 0. The summed E-state index contributed by atoms with van der Waals surface area (Å²) in [5.41, 5.74) is 0. The van der Waals surface area contributed by atoms with Crippen molar-refractivity contribution in [2.75, 3.05) is 19.7 Å². The quantitative estimate of drug-likeness (QED) is 0.854. The Morgan fingerprint density at radius 1 is 1.08 bits per heavy atom. The number of rotatable bonds is 5. The van der Waals surface area contributed by atoms with Crippen molar-refractivity contribution in [1.82, 2.24) is 10.2 Å². The summed E-state index contributed by atoms with van der Waals surface area (Å²) in [6, 6.07) is 7.21. The number of para-hydroxylation sites is 1. The van der Waals surface area contributed by atoms with Crippen LogP contribution in [-0.4, -0.2) is 42.5 Å². The van der Waals surface area contributed by atoms with Gasteiger partial charge in [-0.15, -0.1) is 0 Å². The highest BCUT2D eigenvalue weighted by atomic mass is 35.5. The predicted molar refractivity (Wildman–Crippen MR) is 101 cm³/mol. The van der Waals surface area contributed by atoms with Crippen molar-refractivity contribution in [3.05, 3.63) is 29.3 Å². The molecule has 142 valence electrons. The van der Waals surface area contributed by atoms with Gasteiger partial charge in [0.25, 0.3) is 5.91 Å². The molecule has 6 heteroatoms. The van der Waals surface area contributed by atoms with E-state index in [9.17, 15) is 9.59 Å². The molecule has 0 bridgehead atoms. The van der Waals surface area contributed by atoms with Gasteiger partial charge in [-0.25, -0.2) is 0 Å². The Balaban J connectivity index is 1.38. The molecule has 3 rings (SSSR count).